The molecule has 0 radical (unpaired) electrons. The average molecular weight is 292 g/mol. The Kier molecular flexibility index (Phi) is 4.56. The SMILES string of the molecule is CN[C@H]1CCN(c2nc(N)nc(N)c2CCC(C)(C)C)C1. The highest BCUT2D eigenvalue weighted by molar-refractivity contribution is 5.60. The Morgan fingerprint density at radius 2 is 2.00 bits per heavy atom. The molecule has 0 aliphatic carbocycles. The van der Waals surface area contributed by atoms with Crippen LogP contribution in [0.4, 0.5) is 17.6 Å². The second-order valence-electron chi connectivity index (χ2n) is 7.05. The quantitative estimate of drug-likeness (QED) is 0.777. The third-order valence-corrected chi connectivity index (χ3v) is 4.06. The standard InChI is InChI=1S/C15H28N6/c1-15(2,3)7-5-11-12(16)19-14(17)20-13(11)21-8-6-10(9-21)18-4/h10,18H,5-9H2,1-4H3,(H4,16,17,19,20)/t10-/m0/s1. The lowest BCUT2D eigenvalue weighted by atomic mass is 9.89. The molecular weight excluding hydrogens is 264 g/mol. The van der Waals surface area contributed by atoms with Crippen LogP contribution in [0.25, 0.3) is 0 Å². The van der Waals surface area contributed by atoms with E-state index in [-0.39, 0.29) is 11.4 Å². The van der Waals surface area contributed by atoms with E-state index in [4.69, 9.17) is 11.5 Å². The largest absolute Gasteiger partial charge is 0.383 e. The molecule has 0 aromatic carbocycles. The molecule has 0 saturated carbocycles. The zero-order valence-electron chi connectivity index (χ0n) is 13.6. The highest BCUT2D eigenvalue weighted by atomic mass is 15.3. The highest BCUT2D eigenvalue weighted by Gasteiger charge is 2.26. The molecule has 0 unspecified atom stereocenters. The molecule has 1 fully saturated rings. The lowest BCUT2D eigenvalue weighted by Gasteiger charge is -2.24. The predicted molar refractivity (Wildman–Crippen MR) is 88.3 cm³/mol. The van der Waals surface area contributed by atoms with Gasteiger partial charge in [-0.3, -0.25) is 0 Å². The zero-order valence-corrected chi connectivity index (χ0v) is 13.6. The van der Waals surface area contributed by atoms with Crippen molar-refractivity contribution in [3.8, 4) is 0 Å². The van der Waals surface area contributed by atoms with Gasteiger partial charge in [-0.05, 0) is 31.7 Å². The van der Waals surface area contributed by atoms with Crippen molar-refractivity contribution in [1.29, 1.82) is 0 Å². The topological polar surface area (TPSA) is 93.1 Å². The molecular formula is C15H28N6. The van der Waals surface area contributed by atoms with E-state index in [1.54, 1.807) is 0 Å². The molecule has 1 atom stereocenters. The number of likely N-dealkylation sites (N-methyl/N-ethyl adjacent to an activating group) is 1. The number of nitrogens with two attached hydrogens (primary N) is 2. The normalized spacial score (nSPS) is 19.2. The second kappa shape index (κ2) is 6.05. The lowest BCUT2D eigenvalue weighted by Crippen LogP contribution is -2.31. The zero-order chi connectivity index (χ0) is 15.6. The van der Waals surface area contributed by atoms with Gasteiger partial charge in [0.1, 0.15) is 11.6 Å². The molecule has 6 nitrogen and oxygen atoms in total. The number of rotatable bonds is 4. The van der Waals surface area contributed by atoms with Crippen molar-refractivity contribution in [2.75, 3.05) is 36.5 Å². The molecule has 6 heteroatoms. The number of nitrogens with one attached hydrogen (secondary N) is 1. The third-order valence-electron chi connectivity index (χ3n) is 4.06. The number of hydrogen-bond donors (Lipinski definition) is 3. The molecule has 0 bridgehead atoms. The van der Waals surface area contributed by atoms with E-state index in [1.807, 2.05) is 7.05 Å². The molecule has 21 heavy (non-hydrogen) atoms. The first-order chi connectivity index (χ1) is 9.80. The van der Waals surface area contributed by atoms with Gasteiger partial charge in [0, 0.05) is 24.7 Å². The number of hydrogen-bond acceptors (Lipinski definition) is 6. The fraction of sp³-hybridized carbons (Fsp3) is 0.733. The van der Waals surface area contributed by atoms with E-state index in [0.29, 0.717) is 11.9 Å². The molecule has 1 saturated heterocycles. The van der Waals surface area contributed by atoms with E-state index in [9.17, 15) is 0 Å². The molecule has 0 amide bonds. The van der Waals surface area contributed by atoms with Crippen LogP contribution in [0.1, 0.15) is 39.2 Å². The van der Waals surface area contributed by atoms with Gasteiger partial charge in [-0.1, -0.05) is 20.8 Å². The van der Waals surface area contributed by atoms with Gasteiger partial charge in [0.05, 0.1) is 0 Å². The van der Waals surface area contributed by atoms with Gasteiger partial charge in [-0.15, -0.1) is 0 Å². The second-order valence-corrected chi connectivity index (χ2v) is 7.05. The Hall–Kier alpha value is -1.56. The fourth-order valence-corrected chi connectivity index (χ4v) is 2.70. The maximum Gasteiger partial charge on any atom is 0.223 e. The van der Waals surface area contributed by atoms with E-state index >= 15 is 0 Å². The first-order valence-electron chi connectivity index (χ1n) is 7.64. The lowest BCUT2D eigenvalue weighted by molar-refractivity contribution is 0.378. The van der Waals surface area contributed by atoms with Crippen molar-refractivity contribution in [1.82, 2.24) is 15.3 Å². The van der Waals surface area contributed by atoms with Crippen LogP contribution < -0.4 is 21.7 Å². The number of nitrogens with zero attached hydrogens (tertiary/aromatic N) is 3. The first-order valence-corrected chi connectivity index (χ1v) is 7.64. The summed E-state index contributed by atoms with van der Waals surface area (Å²) in [6.45, 7) is 8.61. The molecule has 118 valence electrons. The summed E-state index contributed by atoms with van der Waals surface area (Å²) in [5.74, 6) is 1.70. The number of aromatic nitrogens is 2. The van der Waals surface area contributed by atoms with Crippen LogP contribution in [0.15, 0.2) is 0 Å². The highest BCUT2D eigenvalue weighted by Crippen LogP contribution is 2.31. The Bertz CT molecular complexity index is 494. The van der Waals surface area contributed by atoms with Gasteiger partial charge < -0.3 is 21.7 Å². The summed E-state index contributed by atoms with van der Waals surface area (Å²) in [7, 11) is 2.00. The Balaban J connectivity index is 2.26. The van der Waals surface area contributed by atoms with Crippen LogP contribution in [-0.2, 0) is 6.42 Å². The van der Waals surface area contributed by atoms with Gasteiger partial charge >= 0.3 is 0 Å². The maximum absolute atomic E-state index is 6.11. The van der Waals surface area contributed by atoms with Gasteiger partial charge in [-0.25, -0.2) is 0 Å². The van der Waals surface area contributed by atoms with Crippen LogP contribution in [0.5, 0.6) is 0 Å². The Labute approximate surface area is 127 Å². The molecule has 5 N–H and O–H groups in total. The number of anilines is 3. The van der Waals surface area contributed by atoms with E-state index < -0.39 is 0 Å². The summed E-state index contributed by atoms with van der Waals surface area (Å²) in [6, 6.07) is 0.498. The minimum Gasteiger partial charge on any atom is -0.383 e. The fourth-order valence-electron chi connectivity index (χ4n) is 2.70. The van der Waals surface area contributed by atoms with E-state index in [2.05, 4.69) is 41.0 Å². The summed E-state index contributed by atoms with van der Waals surface area (Å²) in [6.07, 6.45) is 3.03. The van der Waals surface area contributed by atoms with E-state index in [1.165, 1.54) is 0 Å². The van der Waals surface area contributed by atoms with Crippen molar-refractivity contribution in [3.05, 3.63) is 5.56 Å². The monoisotopic (exact) mass is 292 g/mol. The van der Waals surface area contributed by atoms with Crippen LogP contribution in [0, 0.1) is 5.41 Å². The number of nitrogen functional groups attached to an aromatic ring is 2. The van der Waals surface area contributed by atoms with Gasteiger partial charge in [0.2, 0.25) is 5.95 Å². The van der Waals surface area contributed by atoms with Crippen molar-refractivity contribution in [2.45, 2.75) is 46.1 Å². The molecule has 1 aromatic rings. The molecule has 0 spiro atoms. The first kappa shape index (κ1) is 15.8. The van der Waals surface area contributed by atoms with Crippen LogP contribution in [0.3, 0.4) is 0 Å². The van der Waals surface area contributed by atoms with Crippen LogP contribution >= 0.6 is 0 Å². The summed E-state index contributed by atoms with van der Waals surface area (Å²) in [5, 5.41) is 3.32. The molecule has 2 rings (SSSR count). The van der Waals surface area contributed by atoms with Crippen LogP contribution in [0.2, 0.25) is 0 Å². The van der Waals surface area contributed by atoms with Crippen molar-refractivity contribution in [2.24, 2.45) is 5.41 Å². The van der Waals surface area contributed by atoms with Crippen molar-refractivity contribution < 1.29 is 0 Å². The summed E-state index contributed by atoms with van der Waals surface area (Å²) >= 11 is 0. The Morgan fingerprint density at radius 1 is 1.29 bits per heavy atom. The van der Waals surface area contributed by atoms with Crippen LogP contribution in [-0.4, -0.2) is 36.1 Å². The Morgan fingerprint density at radius 3 is 2.57 bits per heavy atom. The van der Waals surface area contributed by atoms with Gasteiger partial charge in [-0.2, -0.15) is 9.97 Å². The third kappa shape index (κ3) is 3.97. The summed E-state index contributed by atoms with van der Waals surface area (Å²) in [5.41, 5.74) is 13.2. The summed E-state index contributed by atoms with van der Waals surface area (Å²) in [4.78, 5) is 10.9. The average Bonchev–Trinajstić information content (AvgIpc) is 2.84. The molecule has 1 aromatic heterocycles. The van der Waals surface area contributed by atoms with Crippen molar-refractivity contribution >= 4 is 17.6 Å². The maximum atomic E-state index is 6.11. The smallest absolute Gasteiger partial charge is 0.223 e. The van der Waals surface area contributed by atoms with E-state index in [0.717, 1.165) is 43.7 Å². The molecule has 1 aliphatic rings. The predicted octanol–water partition coefficient (Wildman–Crippen LogP) is 1.42. The minimum absolute atomic E-state index is 0.254. The summed E-state index contributed by atoms with van der Waals surface area (Å²) < 4.78 is 0. The molecule has 1 aliphatic heterocycles. The molecule has 2 heterocycles. The minimum atomic E-state index is 0.254. The van der Waals surface area contributed by atoms with Crippen molar-refractivity contribution in [3.63, 3.8) is 0 Å². The van der Waals surface area contributed by atoms with Gasteiger partial charge in [0.25, 0.3) is 0 Å². The van der Waals surface area contributed by atoms with Gasteiger partial charge in [0.15, 0.2) is 0 Å².